The van der Waals surface area contributed by atoms with Crippen molar-refractivity contribution < 1.29 is 8.42 Å². The van der Waals surface area contributed by atoms with Gasteiger partial charge in [-0.3, -0.25) is 0 Å². The summed E-state index contributed by atoms with van der Waals surface area (Å²) in [6.45, 7) is 0. The fraction of sp³-hybridized carbons (Fsp3) is 0.267. The molecule has 1 aromatic carbocycles. The molecular formula is C15H15ClN2O2S. The molecule has 4 nitrogen and oxygen atoms in total. The number of rotatable bonds is 3. The SMILES string of the molecule is CS(=O)(=O)c1cccnc1NC1c2ccccc2CC1Cl. The topological polar surface area (TPSA) is 59.1 Å². The van der Waals surface area contributed by atoms with E-state index in [1.807, 2.05) is 24.3 Å². The molecule has 110 valence electrons. The molecule has 1 aliphatic carbocycles. The Hall–Kier alpha value is -1.59. The van der Waals surface area contributed by atoms with Crippen LogP contribution in [0.15, 0.2) is 47.5 Å². The first-order valence-corrected chi connectivity index (χ1v) is 8.93. The summed E-state index contributed by atoms with van der Waals surface area (Å²) in [5.74, 6) is 0.354. The van der Waals surface area contributed by atoms with E-state index in [2.05, 4.69) is 10.3 Å². The molecule has 0 radical (unpaired) electrons. The van der Waals surface area contributed by atoms with Gasteiger partial charge in [0, 0.05) is 12.5 Å². The van der Waals surface area contributed by atoms with E-state index in [0.29, 0.717) is 5.82 Å². The standard InChI is InChI=1S/C15H15ClN2O2S/c1-21(19,20)13-7-4-8-17-15(13)18-14-11-6-3-2-5-10(11)9-12(14)16/h2-8,12,14H,9H2,1H3,(H,17,18). The first-order chi connectivity index (χ1) is 9.97. The molecule has 1 aromatic heterocycles. The second-order valence-corrected chi connectivity index (χ2v) is 7.71. The second-order valence-electron chi connectivity index (χ2n) is 5.16. The fourth-order valence-electron chi connectivity index (χ4n) is 2.66. The van der Waals surface area contributed by atoms with Gasteiger partial charge in [-0.2, -0.15) is 0 Å². The molecule has 2 atom stereocenters. The van der Waals surface area contributed by atoms with Crippen LogP contribution in [0.25, 0.3) is 0 Å². The number of hydrogen-bond donors (Lipinski definition) is 1. The molecule has 0 amide bonds. The van der Waals surface area contributed by atoms with Gasteiger partial charge in [-0.05, 0) is 29.7 Å². The highest BCUT2D eigenvalue weighted by Crippen LogP contribution is 2.37. The van der Waals surface area contributed by atoms with Crippen LogP contribution >= 0.6 is 11.6 Å². The molecule has 21 heavy (non-hydrogen) atoms. The zero-order valence-electron chi connectivity index (χ0n) is 11.5. The lowest BCUT2D eigenvalue weighted by Gasteiger charge is -2.19. The van der Waals surface area contributed by atoms with Crippen LogP contribution in [-0.2, 0) is 16.3 Å². The van der Waals surface area contributed by atoms with Crippen molar-refractivity contribution in [1.82, 2.24) is 4.98 Å². The summed E-state index contributed by atoms with van der Waals surface area (Å²) in [6.07, 6.45) is 3.51. The van der Waals surface area contributed by atoms with Gasteiger partial charge in [0.2, 0.25) is 0 Å². The highest BCUT2D eigenvalue weighted by Gasteiger charge is 2.31. The third kappa shape index (κ3) is 2.76. The number of sulfone groups is 1. The van der Waals surface area contributed by atoms with E-state index in [1.54, 1.807) is 18.3 Å². The minimum atomic E-state index is -3.34. The minimum absolute atomic E-state index is 0.128. The lowest BCUT2D eigenvalue weighted by atomic mass is 10.1. The summed E-state index contributed by atoms with van der Waals surface area (Å²) in [5, 5.41) is 3.07. The first-order valence-electron chi connectivity index (χ1n) is 6.60. The maximum Gasteiger partial charge on any atom is 0.179 e. The molecule has 2 aromatic rings. The summed E-state index contributed by atoms with van der Waals surface area (Å²) in [7, 11) is -3.34. The van der Waals surface area contributed by atoms with Crippen molar-refractivity contribution in [3.05, 3.63) is 53.7 Å². The predicted octanol–water partition coefficient (Wildman–Crippen LogP) is 2.80. The molecular weight excluding hydrogens is 308 g/mol. The Morgan fingerprint density at radius 1 is 1.24 bits per heavy atom. The van der Waals surface area contributed by atoms with E-state index in [0.717, 1.165) is 12.0 Å². The number of benzene rings is 1. The van der Waals surface area contributed by atoms with Crippen LogP contribution in [0.2, 0.25) is 0 Å². The molecule has 6 heteroatoms. The van der Waals surface area contributed by atoms with Gasteiger partial charge in [0.15, 0.2) is 9.84 Å². The van der Waals surface area contributed by atoms with Crippen molar-refractivity contribution in [2.24, 2.45) is 0 Å². The maximum atomic E-state index is 11.8. The molecule has 1 aliphatic rings. The van der Waals surface area contributed by atoms with Gasteiger partial charge in [-0.15, -0.1) is 11.6 Å². The van der Waals surface area contributed by atoms with Crippen molar-refractivity contribution in [2.75, 3.05) is 11.6 Å². The summed E-state index contributed by atoms with van der Waals surface area (Å²) in [6, 6.07) is 11.0. The number of halogens is 1. The van der Waals surface area contributed by atoms with E-state index in [9.17, 15) is 8.42 Å². The Labute approximate surface area is 129 Å². The number of alkyl halides is 1. The van der Waals surface area contributed by atoms with E-state index in [1.165, 1.54) is 11.8 Å². The summed E-state index contributed by atoms with van der Waals surface area (Å²) < 4.78 is 23.7. The van der Waals surface area contributed by atoms with Gasteiger partial charge >= 0.3 is 0 Å². The van der Waals surface area contributed by atoms with Crippen LogP contribution in [0.3, 0.4) is 0 Å². The minimum Gasteiger partial charge on any atom is -0.361 e. The molecule has 1 N–H and O–H groups in total. The summed E-state index contributed by atoms with van der Waals surface area (Å²) in [5.41, 5.74) is 2.29. The fourth-order valence-corrected chi connectivity index (χ4v) is 3.81. The number of nitrogens with zero attached hydrogens (tertiary/aromatic N) is 1. The number of hydrogen-bond acceptors (Lipinski definition) is 4. The number of aromatic nitrogens is 1. The van der Waals surface area contributed by atoms with Gasteiger partial charge < -0.3 is 5.32 Å². The largest absolute Gasteiger partial charge is 0.361 e. The highest BCUT2D eigenvalue weighted by atomic mass is 35.5. The van der Waals surface area contributed by atoms with E-state index in [-0.39, 0.29) is 16.3 Å². The number of nitrogens with one attached hydrogen (secondary N) is 1. The Morgan fingerprint density at radius 2 is 2.00 bits per heavy atom. The normalized spacial score (nSPS) is 21.0. The number of anilines is 1. The van der Waals surface area contributed by atoms with Gasteiger partial charge in [0.05, 0.1) is 11.4 Å². The summed E-state index contributed by atoms with van der Waals surface area (Å²) in [4.78, 5) is 4.36. The van der Waals surface area contributed by atoms with Crippen molar-refractivity contribution in [2.45, 2.75) is 22.7 Å². The average Bonchev–Trinajstić information content (AvgIpc) is 2.75. The average molecular weight is 323 g/mol. The van der Waals surface area contributed by atoms with Gasteiger partial charge in [0.25, 0.3) is 0 Å². The van der Waals surface area contributed by atoms with E-state index >= 15 is 0 Å². The van der Waals surface area contributed by atoms with Crippen LogP contribution in [0.4, 0.5) is 5.82 Å². The quantitative estimate of drug-likeness (QED) is 0.883. The zero-order valence-corrected chi connectivity index (χ0v) is 13.0. The predicted molar refractivity (Wildman–Crippen MR) is 83.5 cm³/mol. The first kappa shape index (κ1) is 14.4. The third-order valence-corrected chi connectivity index (χ3v) is 5.16. The van der Waals surface area contributed by atoms with Gasteiger partial charge in [-0.25, -0.2) is 13.4 Å². The van der Waals surface area contributed by atoms with Crippen LogP contribution in [-0.4, -0.2) is 25.0 Å². The van der Waals surface area contributed by atoms with Crippen molar-refractivity contribution in [3.63, 3.8) is 0 Å². The lowest BCUT2D eigenvalue weighted by molar-refractivity contribution is 0.601. The highest BCUT2D eigenvalue weighted by molar-refractivity contribution is 7.90. The van der Waals surface area contributed by atoms with Crippen LogP contribution in [0, 0.1) is 0 Å². The number of pyridine rings is 1. The molecule has 0 bridgehead atoms. The van der Waals surface area contributed by atoms with Crippen molar-refractivity contribution in [1.29, 1.82) is 0 Å². The van der Waals surface area contributed by atoms with Crippen molar-refractivity contribution >= 4 is 27.3 Å². The molecule has 2 unspecified atom stereocenters. The Balaban J connectivity index is 1.99. The molecule has 0 saturated heterocycles. The van der Waals surface area contributed by atoms with Crippen LogP contribution in [0.1, 0.15) is 17.2 Å². The Morgan fingerprint density at radius 3 is 2.76 bits per heavy atom. The van der Waals surface area contributed by atoms with Crippen molar-refractivity contribution in [3.8, 4) is 0 Å². The van der Waals surface area contributed by atoms with E-state index in [4.69, 9.17) is 11.6 Å². The smallest absolute Gasteiger partial charge is 0.179 e. The van der Waals surface area contributed by atoms with Crippen LogP contribution < -0.4 is 5.32 Å². The Bertz CT molecular complexity index is 777. The van der Waals surface area contributed by atoms with Crippen LogP contribution in [0.5, 0.6) is 0 Å². The molecule has 3 rings (SSSR count). The monoisotopic (exact) mass is 322 g/mol. The Kier molecular flexibility index (Phi) is 3.63. The van der Waals surface area contributed by atoms with E-state index < -0.39 is 9.84 Å². The third-order valence-electron chi connectivity index (χ3n) is 3.63. The number of fused-ring (bicyclic) bond motifs is 1. The maximum absolute atomic E-state index is 11.8. The zero-order chi connectivity index (χ0) is 15.0. The molecule has 0 fully saturated rings. The molecule has 0 aliphatic heterocycles. The molecule has 0 saturated carbocycles. The second kappa shape index (κ2) is 5.31. The summed E-state index contributed by atoms with van der Waals surface area (Å²) >= 11 is 6.42. The molecule has 1 heterocycles. The lowest BCUT2D eigenvalue weighted by Crippen LogP contribution is -2.19. The molecule has 0 spiro atoms. The van der Waals surface area contributed by atoms with Gasteiger partial charge in [-0.1, -0.05) is 24.3 Å². The van der Waals surface area contributed by atoms with Gasteiger partial charge in [0.1, 0.15) is 10.7 Å².